The summed E-state index contributed by atoms with van der Waals surface area (Å²) in [6, 6.07) is 4.37. The van der Waals surface area contributed by atoms with Gasteiger partial charge in [-0.05, 0) is 33.0 Å². The minimum absolute atomic E-state index is 0. The zero-order valence-corrected chi connectivity index (χ0v) is 11.9. The maximum atomic E-state index is 5.28. The van der Waals surface area contributed by atoms with Crippen LogP contribution in [0.2, 0.25) is 0 Å². The highest BCUT2D eigenvalue weighted by Gasteiger charge is 2.13. The molecule has 0 aliphatic rings. The fourth-order valence-corrected chi connectivity index (χ4v) is 1.64. The average Bonchev–Trinajstić information content (AvgIpc) is 2.88. The van der Waals surface area contributed by atoms with Crippen LogP contribution >= 0.6 is 12.4 Å². The number of likely N-dealkylation sites (N-methyl/N-ethyl adjacent to an activating group) is 1. The van der Waals surface area contributed by atoms with Gasteiger partial charge in [-0.25, -0.2) is 0 Å². The molecule has 0 spiro atoms. The van der Waals surface area contributed by atoms with E-state index in [-0.39, 0.29) is 12.4 Å². The van der Waals surface area contributed by atoms with Crippen LogP contribution < -0.4 is 5.32 Å². The molecule has 1 N–H and O–H groups in total. The van der Waals surface area contributed by atoms with Crippen molar-refractivity contribution in [2.75, 3.05) is 7.05 Å². The Kier molecular flexibility index (Phi) is 4.93. The maximum Gasteiger partial charge on any atom is 0.274 e. The van der Waals surface area contributed by atoms with E-state index in [2.05, 4.69) is 22.4 Å². The van der Waals surface area contributed by atoms with Gasteiger partial charge in [0.25, 0.3) is 5.89 Å². The molecule has 0 radical (unpaired) electrons. The Bertz CT molecular complexity index is 506. The smallest absolute Gasteiger partial charge is 0.274 e. The summed E-state index contributed by atoms with van der Waals surface area (Å²) in [7, 11) is 3.91. The summed E-state index contributed by atoms with van der Waals surface area (Å²) in [5, 5.41) is 7.14. The number of hydrogen-bond donors (Lipinski definition) is 1. The molecular weight excluding hydrogens is 252 g/mol. The van der Waals surface area contributed by atoms with Crippen LogP contribution in [0.25, 0.3) is 11.6 Å². The number of hydrogen-bond acceptors (Lipinski definition) is 4. The molecule has 0 saturated heterocycles. The molecule has 1 unspecified atom stereocenters. The number of nitrogens with zero attached hydrogens (tertiary/aromatic N) is 3. The van der Waals surface area contributed by atoms with E-state index in [1.807, 2.05) is 37.7 Å². The number of aromatic nitrogens is 3. The quantitative estimate of drug-likeness (QED) is 0.923. The van der Waals surface area contributed by atoms with Crippen molar-refractivity contribution in [2.45, 2.75) is 26.3 Å². The van der Waals surface area contributed by atoms with Crippen LogP contribution in [-0.2, 0) is 13.5 Å². The third kappa shape index (κ3) is 2.91. The van der Waals surface area contributed by atoms with Crippen molar-refractivity contribution in [3.8, 4) is 11.6 Å². The average molecular weight is 271 g/mol. The zero-order chi connectivity index (χ0) is 12.4. The molecule has 0 aliphatic heterocycles. The highest BCUT2D eigenvalue weighted by atomic mass is 35.5. The van der Waals surface area contributed by atoms with Crippen molar-refractivity contribution in [3.05, 3.63) is 23.7 Å². The largest absolute Gasteiger partial charge is 0.344 e. The predicted octanol–water partition coefficient (Wildman–Crippen LogP) is 1.96. The molecule has 0 bridgehead atoms. The third-order valence-corrected chi connectivity index (χ3v) is 3.04. The number of halogens is 1. The Morgan fingerprint density at radius 1 is 1.44 bits per heavy atom. The van der Waals surface area contributed by atoms with E-state index in [1.165, 1.54) is 5.69 Å². The van der Waals surface area contributed by atoms with Gasteiger partial charge in [-0.1, -0.05) is 5.16 Å². The van der Waals surface area contributed by atoms with Crippen molar-refractivity contribution in [1.82, 2.24) is 20.0 Å². The molecule has 2 aromatic heterocycles. The first-order valence-electron chi connectivity index (χ1n) is 5.74. The topological polar surface area (TPSA) is 55.9 Å². The lowest BCUT2D eigenvalue weighted by atomic mass is 10.2. The van der Waals surface area contributed by atoms with Crippen LogP contribution in [0.3, 0.4) is 0 Å². The first-order chi connectivity index (χ1) is 8.11. The summed E-state index contributed by atoms with van der Waals surface area (Å²) in [5.41, 5.74) is 2.13. The van der Waals surface area contributed by atoms with Gasteiger partial charge in [0.05, 0.1) is 0 Å². The van der Waals surface area contributed by atoms with Gasteiger partial charge in [0.15, 0.2) is 5.82 Å². The summed E-state index contributed by atoms with van der Waals surface area (Å²) >= 11 is 0. The van der Waals surface area contributed by atoms with E-state index in [4.69, 9.17) is 4.52 Å². The van der Waals surface area contributed by atoms with Gasteiger partial charge in [-0.2, -0.15) is 4.98 Å². The molecule has 1 atom stereocenters. The van der Waals surface area contributed by atoms with Crippen LogP contribution in [0.15, 0.2) is 16.7 Å². The number of rotatable bonds is 4. The molecule has 100 valence electrons. The van der Waals surface area contributed by atoms with Crippen LogP contribution in [0.5, 0.6) is 0 Å². The first-order valence-corrected chi connectivity index (χ1v) is 5.74. The van der Waals surface area contributed by atoms with E-state index in [0.717, 1.165) is 17.9 Å². The van der Waals surface area contributed by atoms with Gasteiger partial charge in [-0.15, -0.1) is 12.4 Å². The second kappa shape index (κ2) is 6.02. The number of aryl methyl sites for hydroxylation is 1. The standard InChI is InChI=1S/C12H18N4O.ClH/c1-8(13-3)7-11-14-12(17-15-11)10-6-5-9(2)16(10)4;/h5-6,8,13H,7H2,1-4H3;1H. The van der Waals surface area contributed by atoms with E-state index >= 15 is 0 Å². The Morgan fingerprint density at radius 3 is 2.72 bits per heavy atom. The van der Waals surface area contributed by atoms with E-state index in [0.29, 0.717) is 11.9 Å². The second-order valence-electron chi connectivity index (χ2n) is 4.33. The van der Waals surface area contributed by atoms with Crippen molar-refractivity contribution < 1.29 is 4.52 Å². The molecule has 6 heteroatoms. The molecule has 0 aliphatic carbocycles. The molecule has 2 heterocycles. The minimum atomic E-state index is 0. The van der Waals surface area contributed by atoms with Gasteiger partial charge in [-0.3, -0.25) is 0 Å². The van der Waals surface area contributed by atoms with Crippen LogP contribution in [0.1, 0.15) is 18.4 Å². The van der Waals surface area contributed by atoms with Gasteiger partial charge in [0.1, 0.15) is 5.69 Å². The van der Waals surface area contributed by atoms with Crippen molar-refractivity contribution >= 4 is 12.4 Å². The monoisotopic (exact) mass is 270 g/mol. The fraction of sp³-hybridized carbons (Fsp3) is 0.500. The van der Waals surface area contributed by atoms with Crippen molar-refractivity contribution in [1.29, 1.82) is 0 Å². The predicted molar refractivity (Wildman–Crippen MR) is 72.9 cm³/mol. The number of nitrogens with one attached hydrogen (secondary N) is 1. The van der Waals surface area contributed by atoms with Gasteiger partial charge in [0, 0.05) is 25.2 Å². The molecule has 0 fully saturated rings. The zero-order valence-electron chi connectivity index (χ0n) is 11.1. The molecule has 0 saturated carbocycles. The summed E-state index contributed by atoms with van der Waals surface area (Å²) in [6.07, 6.45) is 0.767. The maximum absolute atomic E-state index is 5.28. The van der Waals surface area contributed by atoms with E-state index < -0.39 is 0 Å². The van der Waals surface area contributed by atoms with Gasteiger partial charge < -0.3 is 14.4 Å². The summed E-state index contributed by atoms with van der Waals surface area (Å²) < 4.78 is 7.32. The molecule has 0 aromatic carbocycles. The second-order valence-corrected chi connectivity index (χ2v) is 4.33. The molecular formula is C12H19ClN4O. The highest BCUT2D eigenvalue weighted by molar-refractivity contribution is 5.85. The van der Waals surface area contributed by atoms with E-state index in [1.54, 1.807) is 0 Å². The Balaban J connectivity index is 0.00000162. The van der Waals surface area contributed by atoms with Crippen LogP contribution in [-0.4, -0.2) is 27.8 Å². The lowest BCUT2D eigenvalue weighted by molar-refractivity contribution is 0.416. The summed E-state index contributed by atoms with van der Waals surface area (Å²) in [4.78, 5) is 4.40. The Hall–Kier alpha value is -1.33. The normalized spacial score (nSPS) is 12.2. The Morgan fingerprint density at radius 2 is 2.17 bits per heavy atom. The highest BCUT2D eigenvalue weighted by Crippen LogP contribution is 2.19. The lowest BCUT2D eigenvalue weighted by Crippen LogP contribution is -2.24. The van der Waals surface area contributed by atoms with Crippen LogP contribution in [0.4, 0.5) is 0 Å². The van der Waals surface area contributed by atoms with Crippen molar-refractivity contribution in [2.24, 2.45) is 7.05 Å². The first kappa shape index (κ1) is 14.7. The van der Waals surface area contributed by atoms with Crippen LogP contribution in [0, 0.1) is 6.92 Å². The fourth-order valence-electron chi connectivity index (χ4n) is 1.64. The third-order valence-electron chi connectivity index (χ3n) is 3.04. The van der Waals surface area contributed by atoms with E-state index in [9.17, 15) is 0 Å². The molecule has 2 aromatic rings. The lowest BCUT2D eigenvalue weighted by Gasteiger charge is -2.04. The summed E-state index contributed by atoms with van der Waals surface area (Å²) in [6.45, 7) is 4.13. The molecule has 5 nitrogen and oxygen atoms in total. The minimum Gasteiger partial charge on any atom is -0.344 e. The van der Waals surface area contributed by atoms with Gasteiger partial charge in [0.2, 0.25) is 0 Å². The molecule has 18 heavy (non-hydrogen) atoms. The summed E-state index contributed by atoms with van der Waals surface area (Å²) in [5.74, 6) is 1.32. The molecule has 2 rings (SSSR count). The molecule has 0 amide bonds. The Labute approximate surface area is 113 Å². The SMILES string of the molecule is CNC(C)Cc1noc(-c2ccc(C)n2C)n1.Cl. The van der Waals surface area contributed by atoms with Gasteiger partial charge >= 0.3 is 0 Å². The van der Waals surface area contributed by atoms with Crippen molar-refractivity contribution in [3.63, 3.8) is 0 Å².